The lowest BCUT2D eigenvalue weighted by atomic mass is 10.0. The Morgan fingerprint density at radius 2 is 1.81 bits per heavy atom. The fourth-order valence-electron chi connectivity index (χ4n) is 3.00. The van der Waals surface area contributed by atoms with E-state index in [1.165, 1.54) is 5.69 Å². The molecule has 118 valence electrons. The number of halogens is 1. The summed E-state index contributed by atoms with van der Waals surface area (Å²) in [5, 5.41) is 3.22. The highest BCUT2D eigenvalue weighted by Gasteiger charge is 2.21. The van der Waals surface area contributed by atoms with Gasteiger partial charge in [-0.2, -0.15) is 0 Å². The van der Waals surface area contributed by atoms with E-state index < -0.39 is 0 Å². The third-order valence-electron chi connectivity index (χ3n) is 4.23. The van der Waals surface area contributed by atoms with Crippen LogP contribution in [-0.2, 0) is 0 Å². The Kier molecular flexibility index (Phi) is 5.59. The van der Waals surface area contributed by atoms with Gasteiger partial charge in [0, 0.05) is 44.5 Å². The molecule has 1 aromatic carbocycles. The molecule has 0 amide bonds. The number of hydrogen-bond donors (Lipinski definition) is 1. The third-order valence-corrected chi connectivity index (χ3v) is 4.23. The Labute approximate surface area is 128 Å². The number of benzene rings is 1. The molecule has 0 aromatic heterocycles. The highest BCUT2D eigenvalue weighted by Crippen LogP contribution is 2.28. The number of nitrogens with one attached hydrogen (secondary N) is 1. The lowest BCUT2D eigenvalue weighted by molar-refractivity contribution is 0.231. The number of anilines is 1. The average Bonchev–Trinajstić information content (AvgIpc) is 2.47. The zero-order valence-electron chi connectivity index (χ0n) is 13.7. The van der Waals surface area contributed by atoms with Crippen LogP contribution in [0.15, 0.2) is 18.2 Å². The standard InChI is InChI=1S/C17H28FN3/c1-13(2)12-20-7-9-21(10-8-20)17-6-5-15(18)11-16(17)14(3)19-4/h5-6,11,13-14,19H,7-10,12H2,1-4H3. The highest BCUT2D eigenvalue weighted by molar-refractivity contribution is 5.55. The van der Waals surface area contributed by atoms with Gasteiger partial charge in [-0.25, -0.2) is 4.39 Å². The summed E-state index contributed by atoms with van der Waals surface area (Å²) in [6.07, 6.45) is 0. The topological polar surface area (TPSA) is 18.5 Å². The smallest absolute Gasteiger partial charge is 0.123 e. The lowest BCUT2D eigenvalue weighted by Crippen LogP contribution is -2.47. The fourth-order valence-corrected chi connectivity index (χ4v) is 3.00. The molecule has 1 saturated heterocycles. The van der Waals surface area contributed by atoms with E-state index in [1.807, 2.05) is 13.1 Å². The van der Waals surface area contributed by atoms with Gasteiger partial charge in [-0.05, 0) is 43.7 Å². The van der Waals surface area contributed by atoms with Crippen LogP contribution in [0.5, 0.6) is 0 Å². The van der Waals surface area contributed by atoms with Crippen LogP contribution in [0.3, 0.4) is 0 Å². The van der Waals surface area contributed by atoms with Crippen LogP contribution in [0.2, 0.25) is 0 Å². The van der Waals surface area contributed by atoms with Crippen LogP contribution in [0, 0.1) is 11.7 Å². The molecule has 1 heterocycles. The van der Waals surface area contributed by atoms with Gasteiger partial charge in [0.15, 0.2) is 0 Å². The molecule has 3 nitrogen and oxygen atoms in total. The van der Waals surface area contributed by atoms with Crippen molar-refractivity contribution in [1.29, 1.82) is 0 Å². The van der Waals surface area contributed by atoms with Crippen molar-refractivity contribution in [2.75, 3.05) is 44.7 Å². The van der Waals surface area contributed by atoms with Crippen molar-refractivity contribution in [3.63, 3.8) is 0 Å². The molecule has 0 aliphatic carbocycles. The Morgan fingerprint density at radius 1 is 1.14 bits per heavy atom. The second kappa shape index (κ2) is 7.23. The second-order valence-electron chi connectivity index (χ2n) is 6.40. The Bertz CT molecular complexity index is 453. The minimum atomic E-state index is -0.158. The van der Waals surface area contributed by atoms with Crippen LogP contribution in [0.1, 0.15) is 32.4 Å². The largest absolute Gasteiger partial charge is 0.369 e. The van der Waals surface area contributed by atoms with E-state index in [2.05, 4.69) is 35.9 Å². The number of hydrogen-bond acceptors (Lipinski definition) is 3. The van der Waals surface area contributed by atoms with Crippen LogP contribution in [-0.4, -0.2) is 44.7 Å². The maximum Gasteiger partial charge on any atom is 0.123 e. The maximum absolute atomic E-state index is 13.6. The third kappa shape index (κ3) is 4.17. The molecular weight excluding hydrogens is 265 g/mol. The van der Waals surface area contributed by atoms with Crippen LogP contribution in [0.25, 0.3) is 0 Å². The van der Waals surface area contributed by atoms with Crippen molar-refractivity contribution in [1.82, 2.24) is 10.2 Å². The summed E-state index contributed by atoms with van der Waals surface area (Å²) < 4.78 is 13.6. The second-order valence-corrected chi connectivity index (χ2v) is 6.40. The average molecular weight is 293 g/mol. The van der Waals surface area contributed by atoms with Gasteiger partial charge in [-0.15, -0.1) is 0 Å². The predicted octanol–water partition coefficient (Wildman–Crippen LogP) is 2.88. The van der Waals surface area contributed by atoms with Crippen LogP contribution in [0.4, 0.5) is 10.1 Å². The van der Waals surface area contributed by atoms with Crippen LogP contribution >= 0.6 is 0 Å². The zero-order chi connectivity index (χ0) is 15.4. The first-order chi connectivity index (χ1) is 10.0. The Hall–Kier alpha value is -1.13. The molecule has 2 rings (SSSR count). The van der Waals surface area contributed by atoms with E-state index in [1.54, 1.807) is 12.1 Å². The van der Waals surface area contributed by atoms with Gasteiger partial charge in [-0.3, -0.25) is 4.90 Å². The van der Waals surface area contributed by atoms with Gasteiger partial charge in [0.1, 0.15) is 5.82 Å². The van der Waals surface area contributed by atoms with Crippen molar-refractivity contribution in [3.05, 3.63) is 29.6 Å². The first kappa shape index (κ1) is 16.2. The van der Waals surface area contributed by atoms with Gasteiger partial charge in [0.05, 0.1) is 0 Å². The van der Waals surface area contributed by atoms with Gasteiger partial charge in [0.25, 0.3) is 0 Å². The van der Waals surface area contributed by atoms with E-state index in [0.717, 1.165) is 38.3 Å². The maximum atomic E-state index is 13.6. The number of rotatable bonds is 5. The minimum Gasteiger partial charge on any atom is -0.369 e. The van der Waals surface area contributed by atoms with Gasteiger partial charge in [0.2, 0.25) is 0 Å². The number of piperazine rings is 1. The molecule has 1 atom stereocenters. The lowest BCUT2D eigenvalue weighted by Gasteiger charge is -2.38. The van der Waals surface area contributed by atoms with Crippen molar-refractivity contribution in [2.45, 2.75) is 26.8 Å². The van der Waals surface area contributed by atoms with E-state index in [9.17, 15) is 4.39 Å². The SMILES string of the molecule is CNC(C)c1cc(F)ccc1N1CCN(CC(C)C)CC1. The van der Waals surface area contributed by atoms with Crippen molar-refractivity contribution < 1.29 is 4.39 Å². The summed E-state index contributed by atoms with van der Waals surface area (Å²) in [4.78, 5) is 4.91. The molecule has 1 fully saturated rings. The van der Waals surface area contributed by atoms with E-state index in [0.29, 0.717) is 5.92 Å². The molecular formula is C17H28FN3. The first-order valence-corrected chi connectivity index (χ1v) is 7.95. The van der Waals surface area contributed by atoms with Crippen molar-refractivity contribution in [3.8, 4) is 0 Å². The Balaban J connectivity index is 2.09. The van der Waals surface area contributed by atoms with Crippen molar-refractivity contribution >= 4 is 5.69 Å². The summed E-state index contributed by atoms with van der Waals surface area (Å²) >= 11 is 0. The normalized spacial score (nSPS) is 18.3. The first-order valence-electron chi connectivity index (χ1n) is 7.95. The van der Waals surface area contributed by atoms with E-state index in [-0.39, 0.29) is 11.9 Å². The Morgan fingerprint density at radius 3 is 2.38 bits per heavy atom. The fraction of sp³-hybridized carbons (Fsp3) is 0.647. The molecule has 1 aliphatic heterocycles. The van der Waals surface area contributed by atoms with Gasteiger partial charge >= 0.3 is 0 Å². The quantitative estimate of drug-likeness (QED) is 0.900. The van der Waals surface area contributed by atoms with E-state index in [4.69, 9.17) is 0 Å². The molecule has 21 heavy (non-hydrogen) atoms. The predicted molar refractivity (Wildman–Crippen MR) is 87.4 cm³/mol. The van der Waals surface area contributed by atoms with Crippen LogP contribution < -0.4 is 10.2 Å². The summed E-state index contributed by atoms with van der Waals surface area (Å²) in [5.74, 6) is 0.552. The number of nitrogens with zero attached hydrogens (tertiary/aromatic N) is 2. The van der Waals surface area contributed by atoms with Gasteiger partial charge < -0.3 is 10.2 Å². The molecule has 4 heteroatoms. The monoisotopic (exact) mass is 293 g/mol. The molecule has 1 N–H and O–H groups in total. The zero-order valence-corrected chi connectivity index (χ0v) is 13.7. The molecule has 0 saturated carbocycles. The molecule has 1 aliphatic rings. The van der Waals surface area contributed by atoms with Gasteiger partial charge in [-0.1, -0.05) is 13.8 Å². The summed E-state index contributed by atoms with van der Waals surface area (Å²) in [5.41, 5.74) is 2.22. The van der Waals surface area contributed by atoms with E-state index >= 15 is 0 Å². The summed E-state index contributed by atoms with van der Waals surface area (Å²) in [6, 6.07) is 5.32. The minimum absolute atomic E-state index is 0.157. The molecule has 0 bridgehead atoms. The molecule has 0 spiro atoms. The summed E-state index contributed by atoms with van der Waals surface area (Å²) in [7, 11) is 1.92. The molecule has 0 radical (unpaired) electrons. The highest BCUT2D eigenvalue weighted by atomic mass is 19.1. The molecule has 1 aromatic rings. The van der Waals surface area contributed by atoms with Crippen molar-refractivity contribution in [2.24, 2.45) is 5.92 Å². The molecule has 1 unspecified atom stereocenters. The summed E-state index contributed by atoms with van der Waals surface area (Å²) in [6.45, 7) is 12.0.